The summed E-state index contributed by atoms with van der Waals surface area (Å²) in [6.45, 7) is 4.68. The van der Waals surface area contributed by atoms with Gasteiger partial charge >= 0.3 is 6.09 Å². The van der Waals surface area contributed by atoms with Gasteiger partial charge in [-0.15, -0.1) is 0 Å². The van der Waals surface area contributed by atoms with Crippen molar-refractivity contribution >= 4 is 17.9 Å². The van der Waals surface area contributed by atoms with Crippen LogP contribution in [0.1, 0.15) is 32.8 Å². The molecule has 1 atom stereocenters. The minimum Gasteiger partial charge on any atom is -0.444 e. The maximum Gasteiger partial charge on any atom is 0.410 e. The third-order valence-corrected chi connectivity index (χ3v) is 3.65. The van der Waals surface area contributed by atoms with E-state index < -0.39 is 36.2 Å². The van der Waals surface area contributed by atoms with Gasteiger partial charge < -0.3 is 9.64 Å². The Morgan fingerprint density at radius 1 is 1.24 bits per heavy atom. The molecule has 136 valence electrons. The number of nitrogens with zero attached hydrogens (tertiary/aromatic N) is 2. The summed E-state index contributed by atoms with van der Waals surface area (Å²) >= 11 is 0. The first-order valence-electron chi connectivity index (χ1n) is 8.17. The predicted octanol–water partition coefficient (Wildman–Crippen LogP) is 2.52. The third-order valence-electron chi connectivity index (χ3n) is 3.65. The highest BCUT2D eigenvalue weighted by molar-refractivity contribution is 5.98. The van der Waals surface area contributed by atoms with Crippen molar-refractivity contribution < 1.29 is 23.5 Å². The second-order valence-corrected chi connectivity index (χ2v) is 6.95. The number of rotatable bonds is 2. The molecule has 3 amide bonds. The Morgan fingerprint density at radius 2 is 1.88 bits per heavy atom. The lowest BCUT2D eigenvalue weighted by molar-refractivity contribution is -0.150. The molecule has 6 nitrogen and oxygen atoms in total. The van der Waals surface area contributed by atoms with Crippen molar-refractivity contribution in [2.24, 2.45) is 0 Å². The molecule has 1 fully saturated rings. The molecule has 0 aliphatic carbocycles. The first-order chi connectivity index (χ1) is 11.7. The summed E-state index contributed by atoms with van der Waals surface area (Å²) in [7, 11) is 0. The van der Waals surface area contributed by atoms with E-state index in [2.05, 4.69) is 0 Å². The molecule has 0 spiro atoms. The molecular weight excluding hydrogens is 327 g/mol. The van der Waals surface area contributed by atoms with Crippen LogP contribution in [0.15, 0.2) is 30.3 Å². The zero-order chi connectivity index (χ0) is 18.6. The zero-order valence-electron chi connectivity index (χ0n) is 14.7. The van der Waals surface area contributed by atoms with Gasteiger partial charge in [0.05, 0.1) is 13.1 Å². The van der Waals surface area contributed by atoms with E-state index in [4.69, 9.17) is 4.74 Å². The fourth-order valence-corrected chi connectivity index (χ4v) is 2.44. The number of imide groups is 1. The molecule has 0 radical (unpaired) electrons. The molecule has 1 aliphatic rings. The van der Waals surface area contributed by atoms with Crippen molar-refractivity contribution in [3.8, 4) is 0 Å². The number of amides is 3. The quantitative estimate of drug-likeness (QED) is 0.769. The number of hydrogen-bond acceptors (Lipinski definition) is 4. The molecule has 2 rings (SSSR count). The summed E-state index contributed by atoms with van der Waals surface area (Å²) in [5.74, 6) is -1.44. The van der Waals surface area contributed by atoms with Gasteiger partial charge in [0.2, 0.25) is 5.91 Å². The lowest BCUT2D eigenvalue weighted by Gasteiger charge is -2.32. The van der Waals surface area contributed by atoms with Crippen LogP contribution < -0.4 is 0 Å². The SMILES string of the molecule is CC(C)(C)OC(=O)N1CCC(=O)N(Cc2ccccc2)C(=O)C(F)C1. The zero-order valence-corrected chi connectivity index (χ0v) is 14.7. The number of ether oxygens (including phenoxy) is 1. The van der Waals surface area contributed by atoms with E-state index in [1.165, 1.54) is 0 Å². The van der Waals surface area contributed by atoms with Gasteiger partial charge in [-0.25, -0.2) is 9.18 Å². The van der Waals surface area contributed by atoms with Gasteiger partial charge in [0, 0.05) is 13.0 Å². The number of halogens is 1. The van der Waals surface area contributed by atoms with Crippen molar-refractivity contribution in [2.45, 2.75) is 45.5 Å². The number of hydrogen-bond donors (Lipinski definition) is 0. The lowest BCUT2D eigenvalue weighted by atomic mass is 10.1. The highest BCUT2D eigenvalue weighted by atomic mass is 19.1. The minimum absolute atomic E-state index is 0.00668. The topological polar surface area (TPSA) is 66.9 Å². The normalized spacial score (nSPS) is 19.4. The van der Waals surface area contributed by atoms with E-state index in [1.54, 1.807) is 45.0 Å². The van der Waals surface area contributed by atoms with Crippen LogP contribution in [0.2, 0.25) is 0 Å². The van der Waals surface area contributed by atoms with E-state index in [1.807, 2.05) is 6.07 Å². The summed E-state index contributed by atoms with van der Waals surface area (Å²) in [5.41, 5.74) is -0.000467. The molecule has 7 heteroatoms. The van der Waals surface area contributed by atoms with Crippen LogP contribution in [0.25, 0.3) is 0 Å². The van der Waals surface area contributed by atoms with Gasteiger partial charge in [-0.05, 0) is 26.3 Å². The smallest absolute Gasteiger partial charge is 0.410 e. The largest absolute Gasteiger partial charge is 0.444 e. The second kappa shape index (κ2) is 7.63. The standard InChI is InChI=1S/C18H23FN2O4/c1-18(2,3)25-17(24)20-10-9-15(22)21(16(23)14(19)12-20)11-13-7-5-4-6-8-13/h4-8,14H,9-12H2,1-3H3. The fraction of sp³-hybridized carbons (Fsp3) is 0.500. The van der Waals surface area contributed by atoms with E-state index in [9.17, 15) is 18.8 Å². The number of benzene rings is 1. The van der Waals surface area contributed by atoms with Crippen LogP contribution in [0.4, 0.5) is 9.18 Å². The second-order valence-electron chi connectivity index (χ2n) is 6.95. The first-order valence-corrected chi connectivity index (χ1v) is 8.17. The van der Waals surface area contributed by atoms with Crippen LogP contribution >= 0.6 is 0 Å². The molecule has 0 N–H and O–H groups in total. The summed E-state index contributed by atoms with van der Waals surface area (Å²) in [6.07, 6.45) is -2.77. The van der Waals surface area contributed by atoms with Crippen LogP contribution in [-0.2, 0) is 20.9 Å². The van der Waals surface area contributed by atoms with Crippen molar-refractivity contribution in [3.05, 3.63) is 35.9 Å². The molecule has 1 aromatic rings. The molecule has 0 bridgehead atoms. The van der Waals surface area contributed by atoms with E-state index in [-0.39, 0.29) is 19.5 Å². The summed E-state index contributed by atoms with van der Waals surface area (Å²) in [6, 6.07) is 8.91. The highest BCUT2D eigenvalue weighted by Crippen LogP contribution is 2.16. The molecule has 25 heavy (non-hydrogen) atoms. The monoisotopic (exact) mass is 350 g/mol. The van der Waals surface area contributed by atoms with Gasteiger partial charge in [0.25, 0.3) is 5.91 Å². The van der Waals surface area contributed by atoms with Crippen LogP contribution in [0.3, 0.4) is 0 Å². The molecule has 0 saturated carbocycles. The van der Waals surface area contributed by atoms with Crippen molar-refractivity contribution in [2.75, 3.05) is 13.1 Å². The Hall–Kier alpha value is -2.44. The van der Waals surface area contributed by atoms with Crippen molar-refractivity contribution in [1.29, 1.82) is 0 Å². The Labute approximate surface area is 146 Å². The fourth-order valence-electron chi connectivity index (χ4n) is 2.44. The average Bonchev–Trinajstić information content (AvgIpc) is 2.53. The predicted molar refractivity (Wildman–Crippen MR) is 89.3 cm³/mol. The van der Waals surface area contributed by atoms with Gasteiger partial charge in [-0.2, -0.15) is 0 Å². The molecule has 1 unspecified atom stereocenters. The molecule has 1 saturated heterocycles. The molecular formula is C18H23FN2O4. The van der Waals surface area contributed by atoms with Crippen molar-refractivity contribution in [3.63, 3.8) is 0 Å². The van der Waals surface area contributed by atoms with Crippen LogP contribution in [-0.4, -0.2) is 52.6 Å². The Kier molecular flexibility index (Phi) is 5.77. The van der Waals surface area contributed by atoms with Gasteiger partial charge in [0.15, 0.2) is 6.17 Å². The maximum atomic E-state index is 14.4. The Balaban J connectivity index is 2.10. The van der Waals surface area contributed by atoms with E-state index in [0.29, 0.717) is 0 Å². The highest BCUT2D eigenvalue weighted by Gasteiger charge is 2.35. The van der Waals surface area contributed by atoms with E-state index in [0.717, 1.165) is 15.4 Å². The van der Waals surface area contributed by atoms with Gasteiger partial charge in [-0.1, -0.05) is 30.3 Å². The number of alkyl halides is 1. The summed E-state index contributed by atoms with van der Waals surface area (Å²) < 4.78 is 19.6. The third kappa shape index (κ3) is 5.27. The van der Waals surface area contributed by atoms with Crippen LogP contribution in [0.5, 0.6) is 0 Å². The first kappa shape index (κ1) is 18.9. The van der Waals surface area contributed by atoms with E-state index >= 15 is 0 Å². The summed E-state index contributed by atoms with van der Waals surface area (Å²) in [5, 5.41) is 0. The molecule has 0 aromatic heterocycles. The number of carbonyl (C=O) groups is 3. The average molecular weight is 350 g/mol. The van der Waals surface area contributed by atoms with Crippen LogP contribution in [0, 0.1) is 0 Å². The maximum absolute atomic E-state index is 14.4. The summed E-state index contributed by atoms with van der Waals surface area (Å²) in [4.78, 5) is 38.8. The van der Waals surface area contributed by atoms with Gasteiger partial charge in [0.1, 0.15) is 5.60 Å². The minimum atomic E-state index is -1.97. The molecule has 1 aromatic carbocycles. The molecule has 1 heterocycles. The number of carbonyl (C=O) groups excluding carboxylic acids is 3. The lowest BCUT2D eigenvalue weighted by Crippen LogP contribution is -2.51. The molecule has 1 aliphatic heterocycles. The Morgan fingerprint density at radius 3 is 2.48 bits per heavy atom. The van der Waals surface area contributed by atoms with Gasteiger partial charge in [-0.3, -0.25) is 14.5 Å². The Bertz CT molecular complexity index is 642. The van der Waals surface area contributed by atoms with Crippen molar-refractivity contribution in [1.82, 2.24) is 9.80 Å².